The summed E-state index contributed by atoms with van der Waals surface area (Å²) in [4.78, 5) is 13.4. The highest BCUT2D eigenvalue weighted by molar-refractivity contribution is 6.14. The number of hydrogen-bond donors (Lipinski definition) is 2. The van der Waals surface area contributed by atoms with Crippen LogP contribution in [-0.4, -0.2) is 15.8 Å². The van der Waals surface area contributed by atoms with Gasteiger partial charge in [0.25, 0.3) is 0 Å². The molecule has 5 nitrogen and oxygen atoms in total. The second-order valence-electron chi connectivity index (χ2n) is 15.8. The molecule has 0 fully saturated rings. The zero-order valence-corrected chi connectivity index (χ0v) is 31.8. The molecule has 1 atom stereocenters. The number of fused-ring (bicyclic) bond motifs is 13. The van der Waals surface area contributed by atoms with E-state index in [0.717, 1.165) is 61.6 Å². The summed E-state index contributed by atoms with van der Waals surface area (Å²) in [5, 5.41) is 12.4. The first-order chi connectivity index (χ1) is 28.6. The van der Waals surface area contributed by atoms with E-state index in [9.17, 15) is 5.41 Å². The smallest absolute Gasteiger partial charge is 0.229 e. The number of rotatable bonds is 3. The van der Waals surface area contributed by atoms with Gasteiger partial charge in [-0.2, -0.15) is 4.99 Å². The molecule has 2 N–H and O–H groups in total. The first-order valence-electron chi connectivity index (χ1n) is 20.0. The number of amidine groups is 1. The molecule has 5 heteroatoms. The Balaban J connectivity index is 0.982. The van der Waals surface area contributed by atoms with Crippen molar-refractivity contribution in [3.63, 3.8) is 0 Å². The summed E-state index contributed by atoms with van der Waals surface area (Å²) in [6, 6.07) is 57.7. The highest BCUT2D eigenvalue weighted by atomic mass is 16.3. The Morgan fingerprint density at radius 2 is 1.29 bits per heavy atom. The van der Waals surface area contributed by atoms with Crippen LogP contribution in [0.4, 0.5) is 0 Å². The first kappa shape index (κ1) is 32.8. The van der Waals surface area contributed by atoms with Gasteiger partial charge in [0, 0.05) is 27.3 Å². The van der Waals surface area contributed by atoms with Crippen LogP contribution in [0.3, 0.4) is 0 Å². The molecule has 3 aliphatic rings. The van der Waals surface area contributed by atoms with Gasteiger partial charge in [-0.1, -0.05) is 153 Å². The number of H-pyrrole nitrogens is 1. The Morgan fingerprint density at radius 3 is 2.09 bits per heavy atom. The van der Waals surface area contributed by atoms with Crippen molar-refractivity contribution in [2.75, 3.05) is 0 Å². The lowest BCUT2D eigenvalue weighted by Gasteiger charge is -2.34. The van der Waals surface area contributed by atoms with Gasteiger partial charge in [-0.3, -0.25) is 5.41 Å². The topological polar surface area (TPSA) is 78.0 Å². The van der Waals surface area contributed by atoms with Crippen molar-refractivity contribution in [1.29, 1.82) is 5.41 Å². The molecular formula is C53H36N4O. The maximum atomic E-state index is 9.34. The molecule has 12 rings (SSSR count). The summed E-state index contributed by atoms with van der Waals surface area (Å²) in [6.07, 6.45) is 3.37. The second-order valence-corrected chi connectivity index (χ2v) is 15.8. The van der Waals surface area contributed by atoms with E-state index in [2.05, 4.69) is 127 Å². The molecule has 9 aromatic rings. The SMILES string of the molecule is CC1CC(c2cccc(C(=N)/N=c3/nc(-c4cccc5oc6ccccc6c45)c4ccccc4[nH]3)c2)=CC2=C1c1ccccc1C21c2ccccc2-c2ccccc21. The lowest BCUT2D eigenvalue weighted by molar-refractivity contribution is 0.669. The van der Waals surface area contributed by atoms with E-state index in [1.54, 1.807) is 0 Å². The predicted octanol–water partition coefficient (Wildman–Crippen LogP) is 12.3. The number of aromatic amines is 1. The Morgan fingerprint density at radius 1 is 0.672 bits per heavy atom. The van der Waals surface area contributed by atoms with Gasteiger partial charge in [0.1, 0.15) is 11.2 Å². The highest BCUT2D eigenvalue weighted by Crippen LogP contribution is 2.64. The van der Waals surface area contributed by atoms with Gasteiger partial charge in [0.15, 0.2) is 5.84 Å². The van der Waals surface area contributed by atoms with Crippen molar-refractivity contribution < 1.29 is 4.42 Å². The molecule has 274 valence electrons. The zero-order valence-electron chi connectivity index (χ0n) is 31.8. The van der Waals surface area contributed by atoms with Crippen LogP contribution in [-0.2, 0) is 5.41 Å². The standard InChI is InChI=1S/C53H36N4O/c1-31-28-34(30-44-48(31)37-18-4-9-24-43(37)53(44)41-22-7-2-16-35(41)36-17-3-8-23-42(36)53)32-14-12-15-33(29-32)51(54)57-52-55-45-25-10-5-19-38(45)50(56-52)40-21-13-27-47-49(40)39-20-6-11-26-46(39)58-47/h2-27,29-31H,28H2,1H3,(H2,54,55,56,57). The van der Waals surface area contributed by atoms with Gasteiger partial charge in [0.05, 0.1) is 16.6 Å². The summed E-state index contributed by atoms with van der Waals surface area (Å²) in [7, 11) is 0. The van der Waals surface area contributed by atoms with Crippen molar-refractivity contribution >= 4 is 49.8 Å². The number of nitrogens with zero attached hydrogens (tertiary/aromatic N) is 2. The molecule has 1 spiro atoms. The average molecular weight is 745 g/mol. The van der Waals surface area contributed by atoms with Gasteiger partial charge < -0.3 is 9.40 Å². The number of allylic oxidation sites excluding steroid dienone is 4. The van der Waals surface area contributed by atoms with Gasteiger partial charge in [-0.05, 0) is 92.3 Å². The molecule has 0 radical (unpaired) electrons. The van der Waals surface area contributed by atoms with Crippen molar-refractivity contribution in [1.82, 2.24) is 9.97 Å². The van der Waals surface area contributed by atoms with Crippen LogP contribution in [0.2, 0.25) is 0 Å². The maximum absolute atomic E-state index is 9.34. The molecular weight excluding hydrogens is 709 g/mol. The van der Waals surface area contributed by atoms with Crippen LogP contribution >= 0.6 is 0 Å². The molecule has 0 amide bonds. The van der Waals surface area contributed by atoms with Crippen LogP contribution in [0, 0.1) is 11.3 Å². The summed E-state index contributed by atoms with van der Waals surface area (Å²) < 4.78 is 6.24. The average Bonchev–Trinajstić information content (AvgIpc) is 3.91. The summed E-state index contributed by atoms with van der Waals surface area (Å²) in [5.41, 5.74) is 18.2. The van der Waals surface area contributed by atoms with Gasteiger partial charge in [-0.15, -0.1) is 0 Å². The van der Waals surface area contributed by atoms with E-state index >= 15 is 0 Å². The number of para-hydroxylation sites is 2. The van der Waals surface area contributed by atoms with Crippen LogP contribution < -0.4 is 5.62 Å². The minimum atomic E-state index is -0.388. The van der Waals surface area contributed by atoms with Crippen molar-refractivity contribution in [3.05, 3.63) is 214 Å². The van der Waals surface area contributed by atoms with E-state index in [1.165, 1.54) is 50.1 Å². The maximum Gasteiger partial charge on any atom is 0.229 e. The van der Waals surface area contributed by atoms with E-state index in [4.69, 9.17) is 14.4 Å². The van der Waals surface area contributed by atoms with E-state index < -0.39 is 0 Å². The third kappa shape index (κ3) is 4.55. The summed E-state index contributed by atoms with van der Waals surface area (Å²) in [5.74, 6) is 0.446. The second kappa shape index (κ2) is 12.3. The summed E-state index contributed by atoms with van der Waals surface area (Å²) in [6.45, 7) is 2.37. The Labute approximate surface area is 334 Å². The molecule has 2 aromatic heterocycles. The number of benzene rings is 7. The number of hydrogen-bond acceptors (Lipinski definition) is 3. The van der Waals surface area contributed by atoms with Crippen molar-refractivity contribution in [3.8, 4) is 22.4 Å². The van der Waals surface area contributed by atoms with E-state index in [1.807, 2.05) is 54.6 Å². The van der Waals surface area contributed by atoms with Crippen LogP contribution in [0.25, 0.3) is 66.4 Å². The zero-order chi connectivity index (χ0) is 38.5. The number of furan rings is 1. The highest BCUT2D eigenvalue weighted by Gasteiger charge is 2.53. The van der Waals surface area contributed by atoms with Crippen LogP contribution in [0.1, 0.15) is 46.7 Å². The largest absolute Gasteiger partial charge is 0.456 e. The minimum Gasteiger partial charge on any atom is -0.456 e. The third-order valence-electron chi connectivity index (χ3n) is 12.6. The van der Waals surface area contributed by atoms with Crippen LogP contribution in [0.15, 0.2) is 185 Å². The molecule has 0 bridgehead atoms. The van der Waals surface area contributed by atoms with E-state index in [-0.39, 0.29) is 11.3 Å². The summed E-state index contributed by atoms with van der Waals surface area (Å²) >= 11 is 0. The Kier molecular flexibility index (Phi) is 6.97. The van der Waals surface area contributed by atoms with E-state index in [0.29, 0.717) is 11.5 Å². The van der Waals surface area contributed by atoms with Crippen molar-refractivity contribution in [2.24, 2.45) is 10.9 Å². The lowest BCUT2D eigenvalue weighted by atomic mass is 9.67. The molecule has 0 aliphatic heterocycles. The molecule has 1 unspecified atom stereocenters. The molecule has 2 heterocycles. The Hall–Kier alpha value is -7.37. The third-order valence-corrected chi connectivity index (χ3v) is 12.6. The minimum absolute atomic E-state index is 0.145. The number of nitrogens with one attached hydrogen (secondary N) is 2. The monoisotopic (exact) mass is 744 g/mol. The molecule has 3 aliphatic carbocycles. The predicted molar refractivity (Wildman–Crippen MR) is 235 cm³/mol. The lowest BCUT2D eigenvalue weighted by Crippen LogP contribution is -2.27. The van der Waals surface area contributed by atoms with Crippen molar-refractivity contribution in [2.45, 2.75) is 18.8 Å². The fraction of sp³-hybridized carbons (Fsp3) is 0.0755. The van der Waals surface area contributed by atoms with Gasteiger partial charge >= 0.3 is 0 Å². The molecule has 7 aromatic carbocycles. The van der Waals surface area contributed by atoms with Gasteiger partial charge in [0.2, 0.25) is 5.62 Å². The van der Waals surface area contributed by atoms with Crippen LogP contribution in [0.5, 0.6) is 0 Å². The fourth-order valence-corrected chi connectivity index (χ4v) is 10.3. The quantitative estimate of drug-likeness (QED) is 0.140. The molecule has 0 saturated carbocycles. The first-order valence-corrected chi connectivity index (χ1v) is 20.0. The Bertz CT molecular complexity index is 3330. The van der Waals surface area contributed by atoms with Gasteiger partial charge in [-0.25, -0.2) is 4.98 Å². The molecule has 0 saturated heterocycles. The molecule has 58 heavy (non-hydrogen) atoms. The fourth-order valence-electron chi connectivity index (χ4n) is 10.3. The number of aromatic nitrogens is 2. The normalized spacial score (nSPS) is 16.5.